The second-order valence-electron chi connectivity index (χ2n) is 6.00. The number of hydrogen-bond donors (Lipinski definition) is 2. The van der Waals surface area contributed by atoms with Crippen molar-refractivity contribution in [2.45, 2.75) is 44.6 Å². The third-order valence-electron chi connectivity index (χ3n) is 4.24. The average molecular weight is 334 g/mol. The third kappa shape index (κ3) is 2.62. The summed E-state index contributed by atoms with van der Waals surface area (Å²) in [5.74, 6) is 0. The van der Waals surface area contributed by atoms with Gasteiger partial charge in [-0.3, -0.25) is 4.98 Å². The van der Waals surface area contributed by atoms with E-state index in [0.717, 1.165) is 26.8 Å². The van der Waals surface area contributed by atoms with Crippen molar-refractivity contribution >= 4 is 38.2 Å². The molecule has 106 valence electrons. The van der Waals surface area contributed by atoms with Gasteiger partial charge in [-0.2, -0.15) is 0 Å². The number of nitrogens with one attached hydrogen (secondary N) is 1. The maximum Gasteiger partial charge on any atom is 0.0743 e. The summed E-state index contributed by atoms with van der Waals surface area (Å²) in [5.41, 5.74) is 9.04. The van der Waals surface area contributed by atoms with Gasteiger partial charge in [-0.25, -0.2) is 0 Å². The smallest absolute Gasteiger partial charge is 0.0743 e. The Balaban J connectivity index is 2.05. The molecular formula is C16H20BrN3. The molecule has 1 aliphatic carbocycles. The number of benzene rings is 1. The van der Waals surface area contributed by atoms with Crippen molar-refractivity contribution in [3.05, 3.63) is 28.9 Å². The number of halogens is 1. The van der Waals surface area contributed by atoms with Crippen molar-refractivity contribution < 1.29 is 0 Å². The van der Waals surface area contributed by atoms with Crippen LogP contribution in [0.25, 0.3) is 10.9 Å². The van der Waals surface area contributed by atoms with Crippen LogP contribution in [0.3, 0.4) is 0 Å². The molecule has 1 saturated carbocycles. The van der Waals surface area contributed by atoms with Gasteiger partial charge in [0.2, 0.25) is 0 Å². The van der Waals surface area contributed by atoms with Crippen LogP contribution in [0.1, 0.15) is 39.0 Å². The van der Waals surface area contributed by atoms with Crippen LogP contribution >= 0.6 is 15.9 Å². The molecule has 0 spiro atoms. The molecule has 0 bridgehead atoms. The van der Waals surface area contributed by atoms with Crippen LogP contribution in [0, 0.1) is 0 Å². The summed E-state index contributed by atoms with van der Waals surface area (Å²) in [7, 11) is 0. The summed E-state index contributed by atoms with van der Waals surface area (Å²) >= 11 is 3.53. The zero-order valence-corrected chi connectivity index (χ0v) is 13.3. The first-order valence-corrected chi connectivity index (χ1v) is 7.99. The summed E-state index contributed by atoms with van der Waals surface area (Å²) in [6, 6.07) is 6.12. The molecule has 0 unspecified atom stereocenters. The molecule has 1 heterocycles. The highest BCUT2D eigenvalue weighted by Crippen LogP contribution is 2.36. The zero-order valence-electron chi connectivity index (χ0n) is 11.7. The van der Waals surface area contributed by atoms with E-state index in [-0.39, 0.29) is 5.54 Å². The highest BCUT2D eigenvalue weighted by atomic mass is 79.9. The maximum atomic E-state index is 6.17. The summed E-state index contributed by atoms with van der Waals surface area (Å²) < 4.78 is 1.05. The predicted octanol–water partition coefficient (Wildman–Crippen LogP) is 4.71. The minimum atomic E-state index is 0.142. The van der Waals surface area contributed by atoms with E-state index in [4.69, 9.17) is 5.73 Å². The molecule has 0 amide bonds. The molecule has 1 aliphatic rings. The van der Waals surface area contributed by atoms with Crippen molar-refractivity contribution in [3.8, 4) is 0 Å². The first kappa shape index (κ1) is 13.7. The standard InChI is InChI=1S/C16H20BrN3/c1-16(7-3-2-4-8-16)20-15-12-9-11(17)5-6-14(12)19-10-13(15)18/h5-6,9-10H,2-4,7-8,18H2,1H3,(H,19,20). The number of aromatic nitrogens is 1. The molecule has 2 aromatic rings. The first-order chi connectivity index (χ1) is 9.57. The van der Waals surface area contributed by atoms with E-state index >= 15 is 0 Å². The fourth-order valence-corrected chi connectivity index (χ4v) is 3.44. The van der Waals surface area contributed by atoms with Crippen molar-refractivity contribution in [2.75, 3.05) is 11.1 Å². The first-order valence-electron chi connectivity index (χ1n) is 7.19. The van der Waals surface area contributed by atoms with Gasteiger partial charge in [-0.15, -0.1) is 0 Å². The molecule has 0 aliphatic heterocycles. The minimum absolute atomic E-state index is 0.142. The predicted molar refractivity (Wildman–Crippen MR) is 89.0 cm³/mol. The lowest BCUT2D eigenvalue weighted by Gasteiger charge is -2.36. The lowest BCUT2D eigenvalue weighted by Crippen LogP contribution is -2.37. The van der Waals surface area contributed by atoms with E-state index < -0.39 is 0 Å². The Morgan fingerprint density at radius 1 is 1.25 bits per heavy atom. The average Bonchev–Trinajstić information content (AvgIpc) is 2.43. The number of nitrogens with zero attached hydrogens (tertiary/aromatic N) is 1. The topological polar surface area (TPSA) is 50.9 Å². The molecule has 1 fully saturated rings. The van der Waals surface area contributed by atoms with Crippen LogP contribution < -0.4 is 11.1 Å². The SMILES string of the molecule is CC1(Nc2c(N)cnc3ccc(Br)cc23)CCCCC1. The van der Waals surface area contributed by atoms with Gasteiger partial charge in [0, 0.05) is 15.4 Å². The molecule has 0 radical (unpaired) electrons. The second kappa shape index (κ2) is 5.24. The Morgan fingerprint density at radius 3 is 2.75 bits per heavy atom. The van der Waals surface area contributed by atoms with Crippen LogP contribution in [0.2, 0.25) is 0 Å². The number of hydrogen-bond acceptors (Lipinski definition) is 3. The number of rotatable bonds is 2. The van der Waals surface area contributed by atoms with Crippen molar-refractivity contribution in [1.82, 2.24) is 4.98 Å². The Morgan fingerprint density at radius 2 is 2.00 bits per heavy atom. The van der Waals surface area contributed by atoms with E-state index in [9.17, 15) is 0 Å². The van der Waals surface area contributed by atoms with Crippen molar-refractivity contribution in [1.29, 1.82) is 0 Å². The number of anilines is 2. The summed E-state index contributed by atoms with van der Waals surface area (Å²) in [6.07, 6.45) is 8.07. The van der Waals surface area contributed by atoms with E-state index in [0.29, 0.717) is 0 Å². The third-order valence-corrected chi connectivity index (χ3v) is 4.74. The highest BCUT2D eigenvalue weighted by molar-refractivity contribution is 9.10. The van der Waals surface area contributed by atoms with Gasteiger partial charge in [-0.1, -0.05) is 35.2 Å². The molecule has 3 N–H and O–H groups in total. The summed E-state index contributed by atoms with van der Waals surface area (Å²) in [4.78, 5) is 4.41. The molecule has 0 saturated heterocycles. The fraction of sp³-hybridized carbons (Fsp3) is 0.438. The van der Waals surface area contributed by atoms with Crippen molar-refractivity contribution in [3.63, 3.8) is 0 Å². The number of nitrogens with two attached hydrogens (primary N) is 1. The quantitative estimate of drug-likeness (QED) is 0.836. The van der Waals surface area contributed by atoms with Crippen LogP contribution in [-0.2, 0) is 0 Å². The zero-order chi connectivity index (χ0) is 14.2. The van der Waals surface area contributed by atoms with Crippen LogP contribution in [-0.4, -0.2) is 10.5 Å². The lowest BCUT2D eigenvalue weighted by molar-refractivity contribution is 0.350. The monoisotopic (exact) mass is 333 g/mol. The maximum absolute atomic E-state index is 6.17. The summed E-state index contributed by atoms with van der Waals surface area (Å²) in [5, 5.41) is 4.80. The Kier molecular flexibility index (Phi) is 3.59. The molecule has 4 heteroatoms. The second-order valence-corrected chi connectivity index (χ2v) is 6.91. The van der Waals surface area contributed by atoms with Gasteiger partial charge in [0.05, 0.1) is 23.1 Å². The number of pyridine rings is 1. The number of fused-ring (bicyclic) bond motifs is 1. The number of nitrogen functional groups attached to an aromatic ring is 1. The van der Waals surface area contributed by atoms with Crippen LogP contribution in [0.15, 0.2) is 28.9 Å². The molecule has 3 nitrogen and oxygen atoms in total. The van der Waals surface area contributed by atoms with Crippen molar-refractivity contribution in [2.24, 2.45) is 0 Å². The van der Waals surface area contributed by atoms with Gasteiger partial charge >= 0.3 is 0 Å². The normalized spacial score (nSPS) is 18.1. The molecule has 20 heavy (non-hydrogen) atoms. The molecular weight excluding hydrogens is 314 g/mol. The van der Waals surface area contributed by atoms with E-state index in [1.54, 1.807) is 6.20 Å². The van der Waals surface area contributed by atoms with E-state index in [1.165, 1.54) is 32.1 Å². The molecule has 0 atom stereocenters. The Hall–Kier alpha value is -1.29. The van der Waals surface area contributed by atoms with E-state index in [1.807, 2.05) is 12.1 Å². The fourth-order valence-electron chi connectivity index (χ4n) is 3.08. The van der Waals surface area contributed by atoms with Crippen LogP contribution in [0.5, 0.6) is 0 Å². The van der Waals surface area contributed by atoms with E-state index in [2.05, 4.69) is 39.2 Å². The molecule has 3 rings (SSSR count). The molecule has 1 aromatic heterocycles. The highest BCUT2D eigenvalue weighted by Gasteiger charge is 2.27. The summed E-state index contributed by atoms with van der Waals surface area (Å²) in [6.45, 7) is 2.30. The van der Waals surface area contributed by atoms with Gasteiger partial charge in [0.1, 0.15) is 0 Å². The molecule has 1 aromatic carbocycles. The minimum Gasteiger partial charge on any atom is -0.396 e. The lowest BCUT2D eigenvalue weighted by atomic mass is 9.83. The Labute approximate surface area is 128 Å². The van der Waals surface area contributed by atoms with Gasteiger partial charge in [0.15, 0.2) is 0 Å². The van der Waals surface area contributed by atoms with Gasteiger partial charge in [-0.05, 0) is 38.0 Å². The van der Waals surface area contributed by atoms with Gasteiger partial charge in [0.25, 0.3) is 0 Å². The Bertz CT molecular complexity index is 628. The van der Waals surface area contributed by atoms with Crippen LogP contribution in [0.4, 0.5) is 11.4 Å². The largest absolute Gasteiger partial charge is 0.396 e. The van der Waals surface area contributed by atoms with Gasteiger partial charge < -0.3 is 11.1 Å².